The van der Waals surface area contributed by atoms with E-state index in [1.165, 1.54) is 0 Å². The zero-order valence-corrected chi connectivity index (χ0v) is 21.6. The Balaban J connectivity index is 1.66. The van der Waals surface area contributed by atoms with Gasteiger partial charge in [-0.05, 0) is 97.4 Å². The third kappa shape index (κ3) is 6.65. The van der Waals surface area contributed by atoms with E-state index in [4.69, 9.17) is 17.0 Å². The third-order valence-corrected chi connectivity index (χ3v) is 5.60. The highest BCUT2D eigenvalue weighted by molar-refractivity contribution is 9.10. The van der Waals surface area contributed by atoms with Crippen molar-refractivity contribution in [3.8, 4) is 5.75 Å². The maximum absolute atomic E-state index is 13.1. The van der Waals surface area contributed by atoms with E-state index >= 15 is 0 Å². The number of ether oxygens (including phenoxy) is 1. The summed E-state index contributed by atoms with van der Waals surface area (Å²) in [5.41, 5.74) is 2.36. The number of hydrogen-bond donors (Lipinski definition) is 2. The molecule has 34 heavy (non-hydrogen) atoms. The van der Waals surface area contributed by atoms with Crippen LogP contribution in [0.15, 0.2) is 77.3 Å². The molecule has 3 rings (SSSR count). The summed E-state index contributed by atoms with van der Waals surface area (Å²) in [4.78, 5) is 27.4. The van der Waals surface area contributed by atoms with Gasteiger partial charge in [-0.3, -0.25) is 14.9 Å². The van der Waals surface area contributed by atoms with Gasteiger partial charge in [-0.1, -0.05) is 24.3 Å². The van der Waals surface area contributed by atoms with Gasteiger partial charge in [0.15, 0.2) is 5.11 Å². The molecule has 0 aliphatic carbocycles. The summed E-state index contributed by atoms with van der Waals surface area (Å²) in [6, 6.07) is 21.6. The van der Waals surface area contributed by atoms with Crippen molar-refractivity contribution < 1.29 is 14.3 Å². The van der Waals surface area contributed by atoms with Crippen LogP contribution in [0.1, 0.15) is 41.5 Å². The minimum atomic E-state index is -0.359. The SMILES string of the molecule is CCN(C(=O)c1cccc(NC(=S)NC(=O)c2ccc(OC(C)C)c(Br)c2)c1)c1ccccc1. The smallest absolute Gasteiger partial charge is 0.258 e. The summed E-state index contributed by atoms with van der Waals surface area (Å²) < 4.78 is 6.35. The molecule has 0 aromatic heterocycles. The Morgan fingerprint density at radius 2 is 1.74 bits per heavy atom. The molecule has 3 aromatic rings. The van der Waals surface area contributed by atoms with Gasteiger partial charge in [0.05, 0.1) is 10.6 Å². The van der Waals surface area contributed by atoms with Crippen molar-refractivity contribution in [3.63, 3.8) is 0 Å². The van der Waals surface area contributed by atoms with Crippen LogP contribution in [0.25, 0.3) is 0 Å². The molecular formula is C26H26BrN3O3S. The highest BCUT2D eigenvalue weighted by Crippen LogP contribution is 2.27. The van der Waals surface area contributed by atoms with Gasteiger partial charge in [0.1, 0.15) is 5.75 Å². The number of para-hydroxylation sites is 1. The van der Waals surface area contributed by atoms with Gasteiger partial charge in [0, 0.05) is 29.0 Å². The molecule has 0 heterocycles. The van der Waals surface area contributed by atoms with Crippen molar-refractivity contribution in [2.24, 2.45) is 0 Å². The van der Waals surface area contributed by atoms with E-state index in [2.05, 4.69) is 26.6 Å². The summed E-state index contributed by atoms with van der Waals surface area (Å²) in [6.45, 7) is 6.32. The maximum atomic E-state index is 13.1. The fraction of sp³-hybridized carbons (Fsp3) is 0.192. The Morgan fingerprint density at radius 1 is 1.00 bits per heavy atom. The van der Waals surface area contributed by atoms with Gasteiger partial charge in [-0.15, -0.1) is 0 Å². The van der Waals surface area contributed by atoms with Gasteiger partial charge in [0.2, 0.25) is 0 Å². The second-order valence-electron chi connectivity index (χ2n) is 7.69. The van der Waals surface area contributed by atoms with E-state index in [0.29, 0.717) is 33.6 Å². The fourth-order valence-electron chi connectivity index (χ4n) is 3.27. The van der Waals surface area contributed by atoms with Crippen LogP contribution >= 0.6 is 28.1 Å². The molecule has 0 bridgehead atoms. The van der Waals surface area contributed by atoms with Gasteiger partial charge < -0.3 is 15.0 Å². The molecule has 2 amide bonds. The first-order valence-corrected chi connectivity index (χ1v) is 12.0. The number of benzene rings is 3. The Labute approximate surface area is 213 Å². The van der Waals surface area contributed by atoms with Crippen LogP contribution in [0.2, 0.25) is 0 Å². The van der Waals surface area contributed by atoms with E-state index in [9.17, 15) is 9.59 Å². The minimum absolute atomic E-state index is 0.0208. The zero-order valence-electron chi connectivity index (χ0n) is 19.2. The fourth-order valence-corrected chi connectivity index (χ4v) is 3.95. The van der Waals surface area contributed by atoms with E-state index < -0.39 is 0 Å². The molecule has 0 aliphatic heterocycles. The number of carbonyl (C=O) groups excluding carboxylic acids is 2. The lowest BCUT2D eigenvalue weighted by atomic mass is 10.1. The lowest BCUT2D eigenvalue weighted by molar-refractivity contribution is 0.0973. The summed E-state index contributed by atoms with van der Waals surface area (Å²) in [5, 5.41) is 5.77. The summed E-state index contributed by atoms with van der Waals surface area (Å²) in [5.74, 6) is 0.175. The maximum Gasteiger partial charge on any atom is 0.258 e. The summed E-state index contributed by atoms with van der Waals surface area (Å²) >= 11 is 8.74. The number of hydrogen-bond acceptors (Lipinski definition) is 4. The van der Waals surface area contributed by atoms with Crippen LogP contribution < -0.4 is 20.3 Å². The standard InChI is InChI=1S/C26H26BrN3O3S/c1-4-30(21-11-6-5-7-12-21)25(32)19-9-8-10-20(15-19)28-26(34)29-24(31)18-13-14-23(22(27)16-18)33-17(2)3/h5-17H,4H2,1-3H3,(H2,28,29,31,34). The number of anilines is 2. The van der Waals surface area contributed by atoms with Crippen molar-refractivity contribution in [2.75, 3.05) is 16.8 Å². The number of nitrogens with zero attached hydrogens (tertiary/aromatic N) is 1. The van der Waals surface area contributed by atoms with Crippen molar-refractivity contribution in [3.05, 3.63) is 88.4 Å². The lowest BCUT2D eigenvalue weighted by Gasteiger charge is -2.21. The van der Waals surface area contributed by atoms with Crippen LogP contribution in [0.5, 0.6) is 5.75 Å². The molecule has 0 fully saturated rings. The Bertz CT molecular complexity index is 1180. The van der Waals surface area contributed by atoms with Gasteiger partial charge in [0.25, 0.3) is 11.8 Å². The molecule has 0 atom stereocenters. The molecule has 0 aliphatic rings. The molecule has 8 heteroatoms. The van der Waals surface area contributed by atoms with Gasteiger partial charge >= 0.3 is 0 Å². The first-order chi connectivity index (χ1) is 16.3. The Kier molecular flexibility index (Phi) is 8.79. The summed E-state index contributed by atoms with van der Waals surface area (Å²) in [6.07, 6.45) is 0.0208. The zero-order chi connectivity index (χ0) is 24.7. The van der Waals surface area contributed by atoms with Crippen LogP contribution in [-0.4, -0.2) is 29.6 Å². The largest absolute Gasteiger partial charge is 0.490 e. The monoisotopic (exact) mass is 539 g/mol. The Morgan fingerprint density at radius 3 is 2.38 bits per heavy atom. The van der Waals surface area contributed by atoms with Crippen molar-refractivity contribution in [1.29, 1.82) is 0 Å². The molecule has 0 radical (unpaired) electrons. The van der Waals surface area contributed by atoms with Crippen molar-refractivity contribution in [1.82, 2.24) is 5.32 Å². The Hall–Kier alpha value is -3.23. The van der Waals surface area contributed by atoms with E-state index in [0.717, 1.165) is 5.69 Å². The lowest BCUT2D eigenvalue weighted by Crippen LogP contribution is -2.34. The van der Waals surface area contributed by atoms with Crippen LogP contribution in [0, 0.1) is 0 Å². The number of amides is 2. The molecule has 176 valence electrons. The van der Waals surface area contributed by atoms with Gasteiger partial charge in [-0.25, -0.2) is 0 Å². The predicted molar refractivity (Wildman–Crippen MR) is 144 cm³/mol. The second kappa shape index (κ2) is 11.8. The van der Waals surface area contributed by atoms with Crippen LogP contribution in [0.4, 0.5) is 11.4 Å². The minimum Gasteiger partial charge on any atom is -0.490 e. The highest BCUT2D eigenvalue weighted by atomic mass is 79.9. The molecule has 6 nitrogen and oxygen atoms in total. The summed E-state index contributed by atoms with van der Waals surface area (Å²) in [7, 11) is 0. The third-order valence-electron chi connectivity index (χ3n) is 4.78. The van der Waals surface area contributed by atoms with Crippen LogP contribution in [0.3, 0.4) is 0 Å². The van der Waals surface area contributed by atoms with Crippen molar-refractivity contribution in [2.45, 2.75) is 26.9 Å². The van der Waals surface area contributed by atoms with Gasteiger partial charge in [-0.2, -0.15) is 0 Å². The molecular weight excluding hydrogens is 514 g/mol. The first kappa shape index (κ1) is 25.4. The number of thiocarbonyl (C=S) groups is 1. The topological polar surface area (TPSA) is 70.7 Å². The second-order valence-corrected chi connectivity index (χ2v) is 8.95. The first-order valence-electron chi connectivity index (χ1n) is 10.8. The van der Waals surface area contributed by atoms with Crippen LogP contribution in [-0.2, 0) is 0 Å². The number of halogens is 1. The molecule has 2 N–H and O–H groups in total. The van der Waals surface area contributed by atoms with E-state index in [-0.39, 0.29) is 23.0 Å². The average molecular weight is 540 g/mol. The van der Waals surface area contributed by atoms with Crippen molar-refractivity contribution >= 4 is 56.4 Å². The molecule has 3 aromatic carbocycles. The highest BCUT2D eigenvalue weighted by Gasteiger charge is 2.17. The quantitative estimate of drug-likeness (QED) is 0.358. The van der Waals surface area contributed by atoms with E-state index in [1.807, 2.05) is 51.1 Å². The molecule has 0 saturated heterocycles. The number of rotatable bonds is 7. The molecule has 0 saturated carbocycles. The van der Waals surface area contributed by atoms with E-state index in [1.54, 1.807) is 47.4 Å². The normalized spacial score (nSPS) is 10.5. The molecule has 0 spiro atoms. The average Bonchev–Trinajstić information content (AvgIpc) is 2.81. The number of carbonyl (C=O) groups is 2. The number of nitrogens with one attached hydrogen (secondary N) is 2. The molecule has 0 unspecified atom stereocenters. The predicted octanol–water partition coefficient (Wildman–Crippen LogP) is 6.03.